The monoisotopic (exact) mass is 318 g/mol. The largest absolute Gasteiger partial charge is 0.395 e. The average molecular weight is 319 g/mol. The van der Waals surface area contributed by atoms with E-state index >= 15 is 0 Å². The molecule has 0 bridgehead atoms. The lowest BCUT2D eigenvalue weighted by Gasteiger charge is -2.12. The lowest BCUT2D eigenvalue weighted by atomic mass is 10.1. The summed E-state index contributed by atoms with van der Waals surface area (Å²) in [6.07, 6.45) is 0. The molecule has 2 rings (SSSR count). The Kier molecular flexibility index (Phi) is 5.95. The van der Waals surface area contributed by atoms with E-state index < -0.39 is 0 Å². The van der Waals surface area contributed by atoms with E-state index in [-0.39, 0.29) is 18.6 Å². The number of anilines is 1. The summed E-state index contributed by atoms with van der Waals surface area (Å²) in [5, 5.41) is 15.7. The molecule has 2 aromatic carbocycles. The van der Waals surface area contributed by atoms with Crippen molar-refractivity contribution in [1.82, 2.24) is 5.32 Å². The second-order valence-corrected chi connectivity index (χ2v) is 5.56. The minimum absolute atomic E-state index is 0.0346. The van der Waals surface area contributed by atoms with E-state index in [1.165, 1.54) is 0 Å². The standard InChI is InChI=1S/C17H19ClN2O2/c1-12(11-21)19-10-13-3-2-4-16(9-13)20-17(22)14-5-7-15(18)8-6-14/h2-9,12,19,21H,10-11H2,1H3,(H,20,22). The van der Waals surface area contributed by atoms with Gasteiger partial charge in [-0.25, -0.2) is 0 Å². The molecule has 0 saturated heterocycles. The van der Waals surface area contributed by atoms with Crippen LogP contribution >= 0.6 is 11.6 Å². The molecule has 0 aromatic heterocycles. The third-order valence-electron chi connectivity index (χ3n) is 3.22. The van der Waals surface area contributed by atoms with Gasteiger partial charge in [0.15, 0.2) is 0 Å². The van der Waals surface area contributed by atoms with E-state index in [2.05, 4.69) is 10.6 Å². The van der Waals surface area contributed by atoms with E-state index in [1.807, 2.05) is 31.2 Å². The van der Waals surface area contributed by atoms with E-state index in [4.69, 9.17) is 16.7 Å². The fourth-order valence-corrected chi connectivity index (χ4v) is 2.05. The zero-order valence-corrected chi connectivity index (χ0v) is 13.1. The third kappa shape index (κ3) is 4.84. The van der Waals surface area contributed by atoms with Crippen LogP contribution in [0.4, 0.5) is 5.69 Å². The van der Waals surface area contributed by atoms with Crippen LogP contribution in [0.2, 0.25) is 5.02 Å². The molecule has 116 valence electrons. The number of hydrogen-bond donors (Lipinski definition) is 3. The Hall–Kier alpha value is -1.88. The fourth-order valence-electron chi connectivity index (χ4n) is 1.92. The van der Waals surface area contributed by atoms with E-state index in [0.29, 0.717) is 17.1 Å². The molecule has 3 N–H and O–H groups in total. The SMILES string of the molecule is CC(CO)NCc1cccc(NC(=O)c2ccc(Cl)cc2)c1. The Bertz CT molecular complexity index is 629. The van der Waals surface area contributed by atoms with Crippen molar-refractivity contribution in [2.24, 2.45) is 0 Å². The maximum Gasteiger partial charge on any atom is 0.255 e. The van der Waals surface area contributed by atoms with Crippen molar-refractivity contribution in [3.05, 3.63) is 64.7 Å². The minimum Gasteiger partial charge on any atom is -0.395 e. The molecule has 1 atom stereocenters. The molecule has 22 heavy (non-hydrogen) atoms. The highest BCUT2D eigenvalue weighted by Crippen LogP contribution is 2.14. The van der Waals surface area contributed by atoms with Crippen LogP contribution in [0, 0.1) is 0 Å². The van der Waals surface area contributed by atoms with Gasteiger partial charge in [0.2, 0.25) is 0 Å². The molecule has 5 heteroatoms. The van der Waals surface area contributed by atoms with Crippen LogP contribution in [-0.2, 0) is 6.54 Å². The van der Waals surface area contributed by atoms with Gasteiger partial charge in [-0.15, -0.1) is 0 Å². The first-order valence-corrected chi connectivity index (χ1v) is 7.46. The number of amides is 1. The van der Waals surface area contributed by atoms with Crippen molar-refractivity contribution < 1.29 is 9.90 Å². The van der Waals surface area contributed by atoms with Crippen molar-refractivity contribution in [2.45, 2.75) is 19.5 Å². The lowest BCUT2D eigenvalue weighted by molar-refractivity contribution is 0.102. The highest BCUT2D eigenvalue weighted by molar-refractivity contribution is 6.30. The van der Waals surface area contributed by atoms with Gasteiger partial charge < -0.3 is 15.7 Å². The Morgan fingerprint density at radius 2 is 1.95 bits per heavy atom. The molecule has 1 unspecified atom stereocenters. The number of aliphatic hydroxyl groups is 1. The van der Waals surface area contributed by atoms with Gasteiger partial charge in [0.05, 0.1) is 6.61 Å². The maximum atomic E-state index is 12.1. The smallest absolute Gasteiger partial charge is 0.255 e. The Morgan fingerprint density at radius 3 is 2.64 bits per heavy atom. The van der Waals surface area contributed by atoms with Crippen LogP contribution in [0.5, 0.6) is 0 Å². The summed E-state index contributed by atoms with van der Waals surface area (Å²) in [6, 6.07) is 14.4. The second-order valence-electron chi connectivity index (χ2n) is 5.13. The average Bonchev–Trinajstić information content (AvgIpc) is 2.53. The second kappa shape index (κ2) is 7.94. The van der Waals surface area contributed by atoms with E-state index in [1.54, 1.807) is 24.3 Å². The normalized spacial score (nSPS) is 12.0. The summed E-state index contributed by atoms with van der Waals surface area (Å²) < 4.78 is 0. The highest BCUT2D eigenvalue weighted by atomic mass is 35.5. The molecule has 1 amide bonds. The number of halogens is 1. The molecule has 0 spiro atoms. The van der Waals surface area contributed by atoms with Crippen molar-refractivity contribution >= 4 is 23.2 Å². The Morgan fingerprint density at radius 1 is 1.23 bits per heavy atom. The molecule has 0 aliphatic heterocycles. The summed E-state index contributed by atoms with van der Waals surface area (Å²) in [6.45, 7) is 2.63. The number of hydrogen-bond acceptors (Lipinski definition) is 3. The third-order valence-corrected chi connectivity index (χ3v) is 3.47. The minimum atomic E-state index is -0.175. The van der Waals surface area contributed by atoms with Crippen molar-refractivity contribution in [2.75, 3.05) is 11.9 Å². The van der Waals surface area contributed by atoms with Gasteiger partial charge in [0, 0.05) is 28.9 Å². The first kappa shape index (κ1) is 16.5. The van der Waals surface area contributed by atoms with Crippen LogP contribution < -0.4 is 10.6 Å². The van der Waals surface area contributed by atoms with Crippen LogP contribution in [0.1, 0.15) is 22.8 Å². The van der Waals surface area contributed by atoms with Gasteiger partial charge in [-0.1, -0.05) is 23.7 Å². The zero-order valence-electron chi connectivity index (χ0n) is 12.3. The first-order chi connectivity index (χ1) is 10.6. The van der Waals surface area contributed by atoms with E-state index in [9.17, 15) is 4.79 Å². The van der Waals surface area contributed by atoms with Crippen LogP contribution in [-0.4, -0.2) is 23.7 Å². The van der Waals surface area contributed by atoms with Crippen LogP contribution in [0.3, 0.4) is 0 Å². The molecule has 0 radical (unpaired) electrons. The number of nitrogens with one attached hydrogen (secondary N) is 2. The topological polar surface area (TPSA) is 61.4 Å². The fraction of sp³-hybridized carbons (Fsp3) is 0.235. The van der Waals surface area contributed by atoms with E-state index in [0.717, 1.165) is 11.3 Å². The van der Waals surface area contributed by atoms with Gasteiger partial charge >= 0.3 is 0 Å². The molecular weight excluding hydrogens is 300 g/mol. The van der Waals surface area contributed by atoms with Gasteiger partial charge in [0.1, 0.15) is 0 Å². The molecule has 0 saturated carbocycles. The maximum absolute atomic E-state index is 12.1. The summed E-state index contributed by atoms with van der Waals surface area (Å²) >= 11 is 5.81. The highest BCUT2D eigenvalue weighted by Gasteiger charge is 2.06. The Balaban J connectivity index is 2.00. The number of carbonyl (C=O) groups is 1. The summed E-state index contributed by atoms with van der Waals surface area (Å²) in [7, 11) is 0. The zero-order chi connectivity index (χ0) is 15.9. The summed E-state index contributed by atoms with van der Waals surface area (Å²) in [5.74, 6) is -0.175. The number of benzene rings is 2. The number of aliphatic hydroxyl groups excluding tert-OH is 1. The van der Waals surface area contributed by atoms with Crippen molar-refractivity contribution in [3.63, 3.8) is 0 Å². The predicted octanol–water partition coefficient (Wildman–Crippen LogP) is 3.06. The molecule has 4 nitrogen and oxygen atoms in total. The molecule has 2 aromatic rings. The first-order valence-electron chi connectivity index (χ1n) is 7.08. The number of rotatable bonds is 6. The van der Waals surface area contributed by atoms with Crippen LogP contribution in [0.15, 0.2) is 48.5 Å². The molecular formula is C17H19ClN2O2. The molecule has 0 aliphatic rings. The summed E-state index contributed by atoms with van der Waals surface area (Å²) in [5.41, 5.74) is 2.33. The predicted molar refractivity (Wildman–Crippen MR) is 89.2 cm³/mol. The molecule has 0 aliphatic carbocycles. The van der Waals surface area contributed by atoms with Gasteiger partial charge in [-0.05, 0) is 48.9 Å². The summed E-state index contributed by atoms with van der Waals surface area (Å²) in [4.78, 5) is 12.1. The van der Waals surface area contributed by atoms with Gasteiger partial charge in [0.25, 0.3) is 5.91 Å². The quantitative estimate of drug-likeness (QED) is 0.767. The van der Waals surface area contributed by atoms with Gasteiger partial charge in [-0.2, -0.15) is 0 Å². The Labute approximate surface area is 135 Å². The number of carbonyl (C=O) groups excluding carboxylic acids is 1. The molecule has 0 heterocycles. The molecule has 0 fully saturated rings. The van der Waals surface area contributed by atoms with Crippen LogP contribution in [0.25, 0.3) is 0 Å². The van der Waals surface area contributed by atoms with Crippen molar-refractivity contribution in [3.8, 4) is 0 Å². The lowest BCUT2D eigenvalue weighted by Crippen LogP contribution is -2.28. The van der Waals surface area contributed by atoms with Gasteiger partial charge in [-0.3, -0.25) is 4.79 Å². The van der Waals surface area contributed by atoms with Crippen molar-refractivity contribution in [1.29, 1.82) is 0 Å².